The largest absolute Gasteiger partial charge is 0.478 e. The van der Waals surface area contributed by atoms with Crippen LogP contribution in [0.3, 0.4) is 0 Å². The molecule has 0 radical (unpaired) electrons. The van der Waals surface area contributed by atoms with Crippen LogP contribution in [0, 0.1) is 0 Å². The van der Waals surface area contributed by atoms with Gasteiger partial charge in [0, 0.05) is 12.7 Å². The van der Waals surface area contributed by atoms with E-state index in [0.29, 0.717) is 0 Å². The minimum atomic E-state index is -0.925. The minimum Gasteiger partial charge on any atom is -0.478 e. The van der Waals surface area contributed by atoms with Gasteiger partial charge in [0.15, 0.2) is 0 Å². The van der Waals surface area contributed by atoms with Gasteiger partial charge in [-0.25, -0.2) is 4.79 Å². The van der Waals surface area contributed by atoms with Gasteiger partial charge in [0.1, 0.15) is 0 Å². The number of rotatable bonds is 3. The Labute approximate surface area is 76.7 Å². The molecule has 0 saturated heterocycles. The van der Waals surface area contributed by atoms with Crippen molar-refractivity contribution in [2.75, 3.05) is 12.4 Å². The van der Waals surface area contributed by atoms with Gasteiger partial charge in [-0.3, -0.25) is 0 Å². The molecule has 1 rings (SSSR count). The molecule has 0 atom stereocenters. The maximum atomic E-state index is 10.6. The first-order valence-electron chi connectivity index (χ1n) is 3.86. The van der Waals surface area contributed by atoms with E-state index >= 15 is 0 Å². The summed E-state index contributed by atoms with van der Waals surface area (Å²) in [5, 5.41) is 11.7. The normalized spacial score (nSPS) is 9.31. The molecule has 1 aromatic rings. The van der Waals surface area contributed by atoms with Gasteiger partial charge in [-0.1, -0.05) is 12.7 Å². The number of hydrogen-bond acceptors (Lipinski definition) is 2. The molecule has 0 bridgehead atoms. The molecular formula is C10H11NO2. The van der Waals surface area contributed by atoms with Crippen LogP contribution in [0.15, 0.2) is 24.8 Å². The fraction of sp³-hybridized carbons (Fsp3) is 0.100. The molecule has 3 nitrogen and oxygen atoms in total. The fourth-order valence-corrected chi connectivity index (χ4v) is 1.09. The average molecular weight is 177 g/mol. The lowest BCUT2D eigenvalue weighted by molar-refractivity contribution is 0.0697. The number of hydrogen-bond donors (Lipinski definition) is 2. The first-order chi connectivity index (χ1) is 6.19. The highest BCUT2D eigenvalue weighted by atomic mass is 16.4. The van der Waals surface area contributed by atoms with Crippen molar-refractivity contribution in [3.05, 3.63) is 35.9 Å². The highest BCUT2D eigenvalue weighted by molar-refractivity contribution is 5.89. The second kappa shape index (κ2) is 3.76. The number of nitrogens with one attached hydrogen (secondary N) is 1. The molecule has 0 fully saturated rings. The molecule has 0 aliphatic carbocycles. The molecule has 2 N–H and O–H groups in total. The Morgan fingerprint density at radius 2 is 2.31 bits per heavy atom. The van der Waals surface area contributed by atoms with E-state index in [1.54, 1.807) is 31.3 Å². The summed E-state index contributed by atoms with van der Waals surface area (Å²) in [6.45, 7) is 3.61. The quantitative estimate of drug-likeness (QED) is 0.743. The zero-order valence-electron chi connectivity index (χ0n) is 7.37. The molecule has 3 heteroatoms. The highest BCUT2D eigenvalue weighted by Gasteiger charge is 2.04. The average Bonchev–Trinajstić information content (AvgIpc) is 2.16. The Morgan fingerprint density at radius 3 is 2.77 bits per heavy atom. The molecular weight excluding hydrogens is 166 g/mol. The molecule has 68 valence electrons. The third-order valence-electron chi connectivity index (χ3n) is 1.79. The van der Waals surface area contributed by atoms with Gasteiger partial charge in [-0.05, 0) is 23.8 Å². The molecule has 0 amide bonds. The summed E-state index contributed by atoms with van der Waals surface area (Å²) in [4.78, 5) is 10.6. The van der Waals surface area contributed by atoms with Gasteiger partial charge in [0.2, 0.25) is 0 Å². The van der Waals surface area contributed by atoms with Crippen LogP contribution in [-0.2, 0) is 0 Å². The summed E-state index contributed by atoms with van der Waals surface area (Å²) in [6.07, 6.45) is 1.62. The Balaban J connectivity index is 3.20. The first kappa shape index (κ1) is 9.32. The van der Waals surface area contributed by atoms with Crippen molar-refractivity contribution in [2.24, 2.45) is 0 Å². The third-order valence-corrected chi connectivity index (χ3v) is 1.79. The lowest BCUT2D eigenvalue weighted by Crippen LogP contribution is -1.98. The van der Waals surface area contributed by atoms with Crippen LogP contribution in [0.4, 0.5) is 5.69 Å². The zero-order valence-corrected chi connectivity index (χ0v) is 7.37. The molecule has 0 aliphatic rings. The Morgan fingerprint density at radius 1 is 1.62 bits per heavy atom. The van der Waals surface area contributed by atoms with Crippen molar-refractivity contribution in [3.63, 3.8) is 0 Å². The number of carboxylic acid groups (broad SMARTS) is 1. The number of aromatic carboxylic acids is 1. The van der Waals surface area contributed by atoms with Crippen LogP contribution in [0.2, 0.25) is 0 Å². The van der Waals surface area contributed by atoms with E-state index in [-0.39, 0.29) is 5.56 Å². The van der Waals surface area contributed by atoms with Crippen LogP contribution < -0.4 is 5.32 Å². The molecule has 1 aromatic carbocycles. The molecule has 0 aliphatic heterocycles. The van der Waals surface area contributed by atoms with Gasteiger partial charge in [-0.2, -0.15) is 0 Å². The van der Waals surface area contributed by atoms with Crippen LogP contribution >= 0.6 is 0 Å². The molecule has 0 unspecified atom stereocenters. The van der Waals surface area contributed by atoms with Crippen LogP contribution in [0.1, 0.15) is 15.9 Å². The summed E-state index contributed by atoms with van der Waals surface area (Å²) < 4.78 is 0. The molecule has 0 heterocycles. The fourth-order valence-electron chi connectivity index (χ4n) is 1.09. The van der Waals surface area contributed by atoms with E-state index in [1.165, 1.54) is 0 Å². The number of anilines is 1. The summed E-state index contributed by atoms with van der Waals surface area (Å²) >= 11 is 0. The van der Waals surface area contributed by atoms with Gasteiger partial charge < -0.3 is 10.4 Å². The predicted octanol–water partition coefficient (Wildman–Crippen LogP) is 2.07. The van der Waals surface area contributed by atoms with E-state index in [4.69, 9.17) is 5.11 Å². The molecule has 0 spiro atoms. The Hall–Kier alpha value is -1.77. The lowest BCUT2D eigenvalue weighted by Gasteiger charge is -2.05. The van der Waals surface area contributed by atoms with Gasteiger partial charge in [-0.15, -0.1) is 0 Å². The zero-order chi connectivity index (χ0) is 9.84. The summed E-state index contributed by atoms with van der Waals surface area (Å²) in [7, 11) is 1.78. The Kier molecular flexibility index (Phi) is 2.69. The first-order valence-corrected chi connectivity index (χ1v) is 3.86. The van der Waals surface area contributed by atoms with Crippen molar-refractivity contribution >= 4 is 17.7 Å². The Bertz CT molecular complexity index is 345. The molecule has 13 heavy (non-hydrogen) atoms. The number of carbonyl (C=O) groups is 1. The maximum absolute atomic E-state index is 10.6. The van der Waals surface area contributed by atoms with E-state index in [1.807, 2.05) is 0 Å². The monoisotopic (exact) mass is 177 g/mol. The summed E-state index contributed by atoms with van der Waals surface area (Å²) in [5.41, 5.74) is 1.94. The highest BCUT2D eigenvalue weighted by Crippen LogP contribution is 2.17. The summed E-state index contributed by atoms with van der Waals surface area (Å²) in [5.74, 6) is -0.925. The summed E-state index contributed by atoms with van der Waals surface area (Å²) in [6, 6.07) is 4.86. The van der Waals surface area contributed by atoms with Gasteiger partial charge in [0.05, 0.1) is 5.56 Å². The second-order valence-corrected chi connectivity index (χ2v) is 2.56. The minimum absolute atomic E-state index is 0.272. The van der Waals surface area contributed by atoms with Crippen molar-refractivity contribution in [1.29, 1.82) is 0 Å². The predicted molar refractivity (Wildman–Crippen MR) is 53.0 cm³/mol. The van der Waals surface area contributed by atoms with Crippen LogP contribution in [0.5, 0.6) is 0 Å². The van der Waals surface area contributed by atoms with E-state index < -0.39 is 5.97 Å². The topological polar surface area (TPSA) is 49.3 Å². The third kappa shape index (κ3) is 1.87. The molecule has 0 aromatic heterocycles. The van der Waals surface area contributed by atoms with Crippen molar-refractivity contribution in [2.45, 2.75) is 0 Å². The van der Waals surface area contributed by atoms with E-state index in [0.717, 1.165) is 11.3 Å². The second-order valence-electron chi connectivity index (χ2n) is 2.56. The van der Waals surface area contributed by atoms with Crippen molar-refractivity contribution < 1.29 is 9.90 Å². The lowest BCUT2D eigenvalue weighted by atomic mass is 10.1. The van der Waals surface area contributed by atoms with Crippen molar-refractivity contribution in [3.8, 4) is 0 Å². The molecule has 0 saturated carbocycles. The smallest absolute Gasteiger partial charge is 0.335 e. The van der Waals surface area contributed by atoms with E-state index in [2.05, 4.69) is 11.9 Å². The van der Waals surface area contributed by atoms with Gasteiger partial charge in [0.25, 0.3) is 0 Å². The number of benzene rings is 1. The SMILES string of the molecule is C=Cc1cc(C(=O)O)ccc1NC. The number of carboxylic acids is 1. The van der Waals surface area contributed by atoms with E-state index in [9.17, 15) is 4.79 Å². The van der Waals surface area contributed by atoms with Crippen LogP contribution in [-0.4, -0.2) is 18.1 Å². The maximum Gasteiger partial charge on any atom is 0.335 e. The van der Waals surface area contributed by atoms with Crippen LogP contribution in [0.25, 0.3) is 6.08 Å². The van der Waals surface area contributed by atoms with Gasteiger partial charge >= 0.3 is 5.97 Å². The standard InChI is InChI=1S/C10H11NO2/c1-3-7-6-8(10(12)13)4-5-9(7)11-2/h3-6,11H,1H2,2H3,(H,12,13). The van der Waals surface area contributed by atoms with Crippen molar-refractivity contribution in [1.82, 2.24) is 0 Å².